The first-order valence-corrected chi connectivity index (χ1v) is 12.1. The third-order valence-corrected chi connectivity index (χ3v) is 5.98. The normalized spacial score (nSPS) is 13.0. The molecule has 0 saturated heterocycles. The number of rotatable bonds is 7. The second-order valence-corrected chi connectivity index (χ2v) is 8.66. The fourth-order valence-electron chi connectivity index (χ4n) is 4.01. The predicted octanol–water partition coefficient (Wildman–Crippen LogP) is 6.37. The Labute approximate surface area is 211 Å². The highest BCUT2D eigenvalue weighted by atomic mass is 16.5. The maximum atomic E-state index is 11.3. The van der Waals surface area contributed by atoms with Gasteiger partial charge in [0.15, 0.2) is 0 Å². The summed E-state index contributed by atoms with van der Waals surface area (Å²) in [6.45, 7) is 0.783. The van der Waals surface area contributed by atoms with E-state index in [4.69, 9.17) is 20.9 Å². The van der Waals surface area contributed by atoms with E-state index in [1.807, 2.05) is 60.7 Å². The lowest BCUT2D eigenvalue weighted by atomic mass is 10.1. The van der Waals surface area contributed by atoms with E-state index in [1.54, 1.807) is 12.3 Å². The van der Waals surface area contributed by atoms with Crippen LogP contribution in [0, 0.1) is 0 Å². The van der Waals surface area contributed by atoms with Crippen molar-refractivity contribution in [2.75, 3.05) is 5.73 Å². The highest BCUT2D eigenvalue weighted by molar-refractivity contribution is 5.98. The molecule has 0 radical (unpaired) electrons. The van der Waals surface area contributed by atoms with Crippen molar-refractivity contribution < 1.29 is 14.3 Å². The SMILES string of the molecule is NC(=O)c1cc(-c2ccc(Oc3ccccc3)cc2)cnc1N.c1ccc(COC2CCCC2)cc1. The van der Waals surface area contributed by atoms with Gasteiger partial charge in [-0.15, -0.1) is 0 Å². The minimum Gasteiger partial charge on any atom is -0.457 e. The molecule has 3 aromatic carbocycles. The van der Waals surface area contributed by atoms with E-state index in [0.717, 1.165) is 29.2 Å². The Hall–Kier alpha value is -4.16. The van der Waals surface area contributed by atoms with Crippen molar-refractivity contribution in [2.24, 2.45) is 5.73 Å². The Morgan fingerprint density at radius 1 is 0.833 bits per heavy atom. The summed E-state index contributed by atoms with van der Waals surface area (Å²) >= 11 is 0. The Morgan fingerprint density at radius 2 is 1.44 bits per heavy atom. The van der Waals surface area contributed by atoms with Crippen LogP contribution >= 0.6 is 0 Å². The molecule has 0 spiro atoms. The molecule has 0 atom stereocenters. The van der Waals surface area contributed by atoms with E-state index in [0.29, 0.717) is 6.10 Å². The summed E-state index contributed by atoms with van der Waals surface area (Å²) in [4.78, 5) is 15.4. The van der Waals surface area contributed by atoms with Crippen molar-refractivity contribution in [3.63, 3.8) is 0 Å². The van der Waals surface area contributed by atoms with Crippen molar-refractivity contribution >= 4 is 11.7 Å². The Morgan fingerprint density at radius 3 is 2.08 bits per heavy atom. The highest BCUT2D eigenvalue weighted by Crippen LogP contribution is 2.27. The molecule has 5 rings (SSSR count). The van der Waals surface area contributed by atoms with E-state index in [2.05, 4.69) is 29.2 Å². The first-order chi connectivity index (χ1) is 17.6. The van der Waals surface area contributed by atoms with Crippen LogP contribution in [0.1, 0.15) is 41.6 Å². The smallest absolute Gasteiger partial charge is 0.252 e. The van der Waals surface area contributed by atoms with Crippen molar-refractivity contribution in [3.8, 4) is 22.6 Å². The quantitative estimate of drug-likeness (QED) is 0.319. The van der Waals surface area contributed by atoms with Gasteiger partial charge in [0.25, 0.3) is 5.91 Å². The fraction of sp³-hybridized carbons (Fsp3) is 0.200. The molecule has 36 heavy (non-hydrogen) atoms. The number of amides is 1. The van der Waals surface area contributed by atoms with Gasteiger partial charge in [-0.25, -0.2) is 4.98 Å². The molecule has 1 saturated carbocycles. The topological polar surface area (TPSA) is 100 Å². The zero-order valence-corrected chi connectivity index (χ0v) is 20.2. The first kappa shape index (κ1) is 24.9. The molecule has 6 nitrogen and oxygen atoms in total. The third kappa shape index (κ3) is 7.17. The second kappa shape index (κ2) is 12.5. The van der Waals surface area contributed by atoms with Gasteiger partial charge >= 0.3 is 0 Å². The molecule has 1 fully saturated rings. The van der Waals surface area contributed by atoms with E-state index in [-0.39, 0.29) is 11.4 Å². The molecule has 0 aliphatic heterocycles. The molecule has 1 aliphatic carbocycles. The number of pyridine rings is 1. The Balaban J connectivity index is 0.000000197. The Kier molecular flexibility index (Phi) is 8.67. The van der Waals surface area contributed by atoms with E-state index in [9.17, 15) is 4.79 Å². The van der Waals surface area contributed by atoms with Crippen LogP contribution < -0.4 is 16.2 Å². The van der Waals surface area contributed by atoms with Crippen LogP contribution in [0.2, 0.25) is 0 Å². The molecule has 4 aromatic rings. The van der Waals surface area contributed by atoms with Crippen LogP contribution in [0.15, 0.2) is 97.2 Å². The van der Waals surface area contributed by atoms with Gasteiger partial charge in [0, 0.05) is 11.8 Å². The molecule has 1 aliphatic rings. The molecule has 4 N–H and O–H groups in total. The summed E-state index contributed by atoms with van der Waals surface area (Å²) in [5.74, 6) is 1.02. The van der Waals surface area contributed by atoms with Crippen molar-refractivity contribution in [2.45, 2.75) is 38.4 Å². The maximum Gasteiger partial charge on any atom is 0.252 e. The zero-order valence-electron chi connectivity index (χ0n) is 20.2. The molecule has 0 unspecified atom stereocenters. The summed E-state index contributed by atoms with van der Waals surface area (Å²) < 4.78 is 11.5. The number of nitrogens with zero attached hydrogens (tertiary/aromatic N) is 1. The molecule has 1 aromatic heterocycles. The van der Waals surface area contributed by atoms with Crippen LogP contribution in [0.4, 0.5) is 5.82 Å². The van der Waals surface area contributed by atoms with Crippen molar-refractivity contribution in [1.82, 2.24) is 4.98 Å². The minimum atomic E-state index is -0.596. The maximum absolute atomic E-state index is 11.3. The van der Waals surface area contributed by atoms with E-state index >= 15 is 0 Å². The highest BCUT2D eigenvalue weighted by Gasteiger charge is 2.14. The fourth-order valence-corrected chi connectivity index (χ4v) is 4.01. The van der Waals surface area contributed by atoms with Crippen molar-refractivity contribution in [3.05, 3.63) is 108 Å². The predicted molar refractivity (Wildman–Crippen MR) is 143 cm³/mol. The van der Waals surface area contributed by atoms with Gasteiger partial charge in [-0.1, -0.05) is 73.5 Å². The monoisotopic (exact) mass is 481 g/mol. The molecular weight excluding hydrogens is 450 g/mol. The van der Waals surface area contributed by atoms with Crippen LogP contribution in [0.25, 0.3) is 11.1 Å². The number of nitrogen functional groups attached to an aromatic ring is 1. The van der Waals surface area contributed by atoms with Gasteiger partial charge in [-0.3, -0.25) is 4.79 Å². The molecule has 1 heterocycles. The molecule has 0 bridgehead atoms. The number of para-hydroxylation sites is 1. The summed E-state index contributed by atoms with van der Waals surface area (Å²) in [7, 11) is 0. The van der Waals surface area contributed by atoms with E-state index < -0.39 is 5.91 Å². The summed E-state index contributed by atoms with van der Waals surface area (Å²) in [5, 5.41) is 0. The van der Waals surface area contributed by atoms with Gasteiger partial charge in [0.05, 0.1) is 18.3 Å². The number of carbonyl (C=O) groups is 1. The largest absolute Gasteiger partial charge is 0.457 e. The van der Waals surface area contributed by atoms with E-state index in [1.165, 1.54) is 31.2 Å². The third-order valence-electron chi connectivity index (χ3n) is 5.98. The number of anilines is 1. The number of nitrogens with two attached hydrogens (primary N) is 2. The van der Waals surface area contributed by atoms with Gasteiger partial charge in [-0.05, 0) is 54.3 Å². The van der Waals surface area contributed by atoms with Crippen molar-refractivity contribution in [1.29, 1.82) is 0 Å². The molecule has 1 amide bonds. The number of carbonyl (C=O) groups excluding carboxylic acids is 1. The number of ether oxygens (including phenoxy) is 2. The number of benzene rings is 3. The van der Waals surface area contributed by atoms with Gasteiger partial charge in [0.2, 0.25) is 0 Å². The second-order valence-electron chi connectivity index (χ2n) is 8.66. The summed E-state index contributed by atoms with van der Waals surface area (Å²) in [6.07, 6.45) is 7.34. The summed E-state index contributed by atoms with van der Waals surface area (Å²) in [5.41, 5.74) is 14.1. The van der Waals surface area contributed by atoms with Gasteiger partial charge in [0.1, 0.15) is 17.3 Å². The lowest BCUT2D eigenvalue weighted by Gasteiger charge is -2.10. The number of hydrogen-bond acceptors (Lipinski definition) is 5. The lowest BCUT2D eigenvalue weighted by molar-refractivity contribution is 0.0457. The van der Waals surface area contributed by atoms with Crippen LogP contribution in [-0.4, -0.2) is 17.0 Å². The van der Waals surface area contributed by atoms with Gasteiger partial charge in [-0.2, -0.15) is 0 Å². The average molecular weight is 482 g/mol. The van der Waals surface area contributed by atoms with Crippen LogP contribution in [0.3, 0.4) is 0 Å². The van der Waals surface area contributed by atoms with Crippen LogP contribution in [-0.2, 0) is 11.3 Å². The van der Waals surface area contributed by atoms with Gasteiger partial charge < -0.3 is 20.9 Å². The number of aromatic nitrogens is 1. The standard InChI is InChI=1S/C18H15N3O2.C12H16O/c19-17-16(18(20)22)10-13(11-21-17)12-6-8-15(9-7-12)23-14-4-2-1-3-5-14;1-2-6-11(7-3-1)10-13-12-8-4-5-9-12/h1-11H,(H2,19,21)(H2,20,22);1-3,6-7,12H,4-5,8-10H2. The zero-order chi connectivity index (χ0) is 25.2. The molecule has 6 heteroatoms. The average Bonchev–Trinajstić information content (AvgIpc) is 3.44. The first-order valence-electron chi connectivity index (χ1n) is 12.1. The molecular formula is C30H31N3O3. The lowest BCUT2D eigenvalue weighted by Crippen LogP contribution is -2.14. The minimum absolute atomic E-state index is 0.130. The Bertz CT molecular complexity index is 1240. The number of hydrogen-bond donors (Lipinski definition) is 2. The molecule has 184 valence electrons. The summed E-state index contributed by atoms with van der Waals surface area (Å²) in [6, 6.07) is 29.0. The number of primary amides is 1. The van der Waals surface area contributed by atoms with Crippen LogP contribution in [0.5, 0.6) is 11.5 Å².